The van der Waals surface area contributed by atoms with Crippen molar-refractivity contribution in [2.45, 2.75) is 91.6 Å². The second kappa shape index (κ2) is 11.9. The number of ether oxygens (including phenoxy) is 2. The van der Waals surface area contributed by atoms with Gasteiger partial charge < -0.3 is 9.47 Å². The van der Waals surface area contributed by atoms with E-state index in [1.807, 2.05) is 13.8 Å². The Labute approximate surface area is 143 Å². The normalized spacial score (nSPS) is 24.2. The van der Waals surface area contributed by atoms with Crippen LogP contribution in [0.2, 0.25) is 0 Å². The van der Waals surface area contributed by atoms with Crippen molar-refractivity contribution in [2.24, 2.45) is 17.8 Å². The highest BCUT2D eigenvalue weighted by Gasteiger charge is 2.29. The Bertz CT molecular complexity index is 308. The minimum Gasteiger partial charge on any atom is -0.464 e. The van der Waals surface area contributed by atoms with Crippen LogP contribution in [-0.2, 0) is 14.3 Å². The van der Waals surface area contributed by atoms with E-state index in [0.717, 1.165) is 18.3 Å². The molecule has 0 radical (unpaired) electrons. The lowest BCUT2D eigenvalue weighted by Crippen LogP contribution is -2.31. The van der Waals surface area contributed by atoms with E-state index in [4.69, 9.17) is 9.47 Å². The van der Waals surface area contributed by atoms with Crippen molar-refractivity contribution in [1.82, 2.24) is 0 Å². The van der Waals surface area contributed by atoms with Gasteiger partial charge in [-0.2, -0.15) is 0 Å². The highest BCUT2D eigenvalue weighted by molar-refractivity contribution is 5.74. The highest BCUT2D eigenvalue weighted by atomic mass is 16.6. The van der Waals surface area contributed by atoms with Crippen LogP contribution in [0.3, 0.4) is 0 Å². The number of hydrogen-bond acceptors (Lipinski definition) is 3. The molecule has 2 atom stereocenters. The van der Waals surface area contributed by atoms with Crippen LogP contribution in [0, 0.1) is 17.8 Å². The fourth-order valence-corrected chi connectivity index (χ4v) is 3.93. The Morgan fingerprint density at radius 1 is 1.04 bits per heavy atom. The van der Waals surface area contributed by atoms with Gasteiger partial charge in [-0.25, -0.2) is 4.79 Å². The van der Waals surface area contributed by atoms with E-state index >= 15 is 0 Å². The number of unbranched alkanes of at least 4 members (excludes halogenated alkanes) is 2. The Kier molecular flexibility index (Phi) is 10.6. The Morgan fingerprint density at radius 3 is 2.30 bits per heavy atom. The summed E-state index contributed by atoms with van der Waals surface area (Å²) in [6.45, 7) is 9.35. The van der Waals surface area contributed by atoms with Crippen LogP contribution in [0.15, 0.2) is 0 Å². The summed E-state index contributed by atoms with van der Waals surface area (Å²) in [7, 11) is 0. The van der Waals surface area contributed by atoms with Gasteiger partial charge in [-0.05, 0) is 50.9 Å². The summed E-state index contributed by atoms with van der Waals surface area (Å²) in [5.74, 6) is 2.04. The summed E-state index contributed by atoms with van der Waals surface area (Å²) in [5.41, 5.74) is 0. The first-order valence-electron chi connectivity index (χ1n) is 9.90. The molecule has 0 bridgehead atoms. The van der Waals surface area contributed by atoms with E-state index < -0.39 is 0 Å². The second-order valence-corrected chi connectivity index (χ2v) is 7.19. The maximum absolute atomic E-state index is 12.0. The average molecular weight is 327 g/mol. The lowest BCUT2D eigenvalue weighted by atomic mass is 9.73. The summed E-state index contributed by atoms with van der Waals surface area (Å²) in [6, 6.07) is 0. The first-order chi connectivity index (χ1) is 11.1. The zero-order chi connectivity index (χ0) is 17.1. The fourth-order valence-electron chi connectivity index (χ4n) is 3.93. The van der Waals surface area contributed by atoms with Crippen molar-refractivity contribution >= 4 is 5.97 Å². The van der Waals surface area contributed by atoms with Crippen LogP contribution in [0.25, 0.3) is 0 Å². The van der Waals surface area contributed by atoms with E-state index in [1.165, 1.54) is 51.4 Å². The number of hydrogen-bond donors (Lipinski definition) is 0. The molecule has 1 aliphatic carbocycles. The molecule has 136 valence electrons. The summed E-state index contributed by atoms with van der Waals surface area (Å²) in [4.78, 5) is 12.0. The summed E-state index contributed by atoms with van der Waals surface area (Å²) in [5, 5.41) is 0. The van der Waals surface area contributed by atoms with Gasteiger partial charge in [0.15, 0.2) is 6.10 Å². The van der Waals surface area contributed by atoms with Gasteiger partial charge in [-0.1, -0.05) is 52.4 Å². The molecule has 0 aromatic heterocycles. The summed E-state index contributed by atoms with van der Waals surface area (Å²) < 4.78 is 10.8. The second-order valence-electron chi connectivity index (χ2n) is 7.19. The maximum Gasteiger partial charge on any atom is 0.335 e. The van der Waals surface area contributed by atoms with Crippen LogP contribution < -0.4 is 0 Å². The van der Waals surface area contributed by atoms with Crippen LogP contribution >= 0.6 is 0 Å². The van der Waals surface area contributed by atoms with E-state index in [9.17, 15) is 4.79 Å². The van der Waals surface area contributed by atoms with Gasteiger partial charge in [0.2, 0.25) is 0 Å². The molecule has 0 aliphatic heterocycles. The van der Waals surface area contributed by atoms with Gasteiger partial charge in [0, 0.05) is 6.61 Å². The Morgan fingerprint density at radius 2 is 1.74 bits per heavy atom. The third-order valence-electron chi connectivity index (χ3n) is 5.42. The Balaban J connectivity index is 2.36. The standard InChI is InChI=1S/C20H38O3/c1-5-8-9-10-17-11-13-18(14-12-17)16(4)15-19(22-6-2)20(21)23-7-3/h16-19H,5-15H2,1-4H3. The summed E-state index contributed by atoms with van der Waals surface area (Å²) in [6.07, 6.45) is 11.3. The molecule has 0 amide bonds. The smallest absolute Gasteiger partial charge is 0.335 e. The average Bonchev–Trinajstić information content (AvgIpc) is 2.55. The molecule has 1 rings (SSSR count). The van der Waals surface area contributed by atoms with Gasteiger partial charge >= 0.3 is 5.97 Å². The minimum absolute atomic E-state index is 0.186. The maximum atomic E-state index is 12.0. The molecule has 2 unspecified atom stereocenters. The lowest BCUT2D eigenvalue weighted by molar-refractivity contribution is -0.158. The van der Waals surface area contributed by atoms with Gasteiger partial charge in [0.05, 0.1) is 6.61 Å². The monoisotopic (exact) mass is 326 g/mol. The van der Waals surface area contributed by atoms with Crippen LogP contribution in [-0.4, -0.2) is 25.3 Å². The summed E-state index contributed by atoms with van der Waals surface area (Å²) >= 11 is 0. The van der Waals surface area contributed by atoms with Crippen molar-refractivity contribution in [3.8, 4) is 0 Å². The number of carbonyl (C=O) groups excluding carboxylic acids is 1. The molecule has 0 saturated heterocycles. The van der Waals surface area contributed by atoms with Gasteiger partial charge in [-0.3, -0.25) is 0 Å². The SMILES string of the molecule is CCCCCC1CCC(C(C)CC(OCC)C(=O)OCC)CC1. The molecule has 0 N–H and O–H groups in total. The van der Waals surface area contributed by atoms with Crippen LogP contribution in [0.1, 0.15) is 85.5 Å². The molecule has 1 aliphatic rings. The molecule has 0 spiro atoms. The fraction of sp³-hybridized carbons (Fsp3) is 0.950. The molecule has 1 saturated carbocycles. The van der Waals surface area contributed by atoms with Crippen molar-refractivity contribution in [1.29, 1.82) is 0 Å². The lowest BCUT2D eigenvalue weighted by Gasteiger charge is -2.33. The predicted molar refractivity (Wildman–Crippen MR) is 95.4 cm³/mol. The highest BCUT2D eigenvalue weighted by Crippen LogP contribution is 2.37. The first kappa shape index (κ1) is 20.5. The quantitative estimate of drug-likeness (QED) is 0.378. The molecule has 0 aromatic rings. The van der Waals surface area contributed by atoms with Gasteiger partial charge in [0.1, 0.15) is 0 Å². The van der Waals surface area contributed by atoms with Crippen LogP contribution in [0.5, 0.6) is 0 Å². The van der Waals surface area contributed by atoms with Crippen molar-refractivity contribution in [3.05, 3.63) is 0 Å². The third kappa shape index (κ3) is 7.69. The molecule has 1 fully saturated rings. The first-order valence-corrected chi connectivity index (χ1v) is 9.90. The molecule has 0 heterocycles. The molecule has 0 aromatic carbocycles. The van der Waals surface area contributed by atoms with E-state index in [2.05, 4.69) is 13.8 Å². The molecule has 3 nitrogen and oxygen atoms in total. The van der Waals surface area contributed by atoms with Crippen molar-refractivity contribution in [2.75, 3.05) is 13.2 Å². The largest absolute Gasteiger partial charge is 0.464 e. The zero-order valence-corrected chi connectivity index (χ0v) is 15.8. The molecule has 23 heavy (non-hydrogen) atoms. The molecular formula is C20H38O3. The van der Waals surface area contributed by atoms with E-state index in [-0.39, 0.29) is 12.1 Å². The molecule has 3 heteroatoms. The zero-order valence-electron chi connectivity index (χ0n) is 15.8. The van der Waals surface area contributed by atoms with Gasteiger partial charge in [0.25, 0.3) is 0 Å². The topological polar surface area (TPSA) is 35.5 Å². The van der Waals surface area contributed by atoms with Gasteiger partial charge in [-0.15, -0.1) is 0 Å². The predicted octanol–water partition coefficient (Wildman–Crippen LogP) is 5.37. The minimum atomic E-state index is -0.378. The number of rotatable bonds is 11. The van der Waals surface area contributed by atoms with Crippen molar-refractivity contribution < 1.29 is 14.3 Å². The van der Waals surface area contributed by atoms with Crippen molar-refractivity contribution in [3.63, 3.8) is 0 Å². The van der Waals surface area contributed by atoms with Crippen LogP contribution in [0.4, 0.5) is 0 Å². The van der Waals surface area contributed by atoms with E-state index in [0.29, 0.717) is 19.1 Å². The molecular weight excluding hydrogens is 288 g/mol. The Hall–Kier alpha value is -0.570. The van der Waals surface area contributed by atoms with E-state index in [1.54, 1.807) is 0 Å². The third-order valence-corrected chi connectivity index (χ3v) is 5.42. The number of esters is 1. The number of carbonyl (C=O) groups is 1.